The number of methoxy groups -OCH3 is 1. The van der Waals surface area contributed by atoms with Crippen LogP contribution in [0.3, 0.4) is 0 Å². The van der Waals surface area contributed by atoms with Crippen LogP contribution in [-0.4, -0.2) is 18.1 Å². The zero-order valence-electron chi connectivity index (χ0n) is 15.8. The van der Waals surface area contributed by atoms with Gasteiger partial charge in [0, 0.05) is 22.8 Å². The van der Waals surface area contributed by atoms with Crippen molar-refractivity contribution in [2.24, 2.45) is 0 Å². The highest BCUT2D eigenvalue weighted by atomic mass is 32.1. The summed E-state index contributed by atoms with van der Waals surface area (Å²) in [6.45, 7) is 6.36. The van der Waals surface area contributed by atoms with Gasteiger partial charge in [-0.25, -0.2) is 9.78 Å². The molecule has 6 heteroatoms. The van der Waals surface area contributed by atoms with E-state index in [0.29, 0.717) is 16.5 Å². The maximum atomic E-state index is 12.1. The molecule has 1 aromatic carbocycles. The largest absolute Gasteiger partial charge is 0.465 e. The molecule has 0 amide bonds. The zero-order chi connectivity index (χ0) is 19.4. The quantitative estimate of drug-likeness (QED) is 0.568. The number of nitrogens with one attached hydrogen (secondary N) is 1. The number of rotatable bonds is 5. The summed E-state index contributed by atoms with van der Waals surface area (Å²) < 4.78 is 10.6. The molecular weight excluding hydrogens is 360 g/mol. The highest BCUT2D eigenvalue weighted by Gasteiger charge is 2.23. The van der Waals surface area contributed by atoms with Gasteiger partial charge >= 0.3 is 5.97 Å². The molecule has 2 heterocycles. The van der Waals surface area contributed by atoms with Gasteiger partial charge in [0.25, 0.3) is 0 Å². The van der Waals surface area contributed by atoms with Crippen molar-refractivity contribution in [2.75, 3.05) is 12.4 Å². The van der Waals surface area contributed by atoms with Crippen LogP contribution in [0.25, 0.3) is 0 Å². The topological polar surface area (TPSA) is 60.5 Å². The molecule has 0 saturated heterocycles. The van der Waals surface area contributed by atoms with E-state index in [9.17, 15) is 4.79 Å². The van der Waals surface area contributed by atoms with Crippen molar-refractivity contribution in [3.63, 3.8) is 0 Å². The molecule has 0 bridgehead atoms. The number of thiophene rings is 1. The van der Waals surface area contributed by atoms with Crippen LogP contribution in [-0.2, 0) is 10.2 Å². The number of hydrogen-bond acceptors (Lipinski definition) is 6. The maximum absolute atomic E-state index is 12.1. The summed E-state index contributed by atoms with van der Waals surface area (Å²) in [4.78, 5) is 18.0. The molecule has 3 aromatic rings. The highest BCUT2D eigenvalue weighted by molar-refractivity contribution is 7.14. The third-order valence-electron chi connectivity index (χ3n) is 3.84. The second-order valence-electron chi connectivity index (χ2n) is 7.01. The van der Waals surface area contributed by atoms with Crippen molar-refractivity contribution < 1.29 is 14.3 Å². The molecule has 0 radical (unpaired) electrons. The minimum absolute atomic E-state index is 0.0479. The Morgan fingerprint density at radius 3 is 2.44 bits per heavy atom. The predicted molar refractivity (Wildman–Crippen MR) is 108 cm³/mol. The fraction of sp³-hybridized carbons (Fsp3) is 0.238. The summed E-state index contributed by atoms with van der Waals surface area (Å²) in [5.41, 5.74) is 1.55. The minimum Gasteiger partial charge on any atom is -0.465 e. The van der Waals surface area contributed by atoms with Gasteiger partial charge in [0.2, 0.25) is 5.88 Å². The van der Waals surface area contributed by atoms with E-state index in [-0.39, 0.29) is 11.4 Å². The molecule has 0 atom stereocenters. The van der Waals surface area contributed by atoms with Crippen LogP contribution in [0.15, 0.2) is 54.7 Å². The second-order valence-corrected chi connectivity index (χ2v) is 8.07. The summed E-state index contributed by atoms with van der Waals surface area (Å²) in [6, 6.07) is 15.0. The summed E-state index contributed by atoms with van der Waals surface area (Å²) in [7, 11) is 1.40. The van der Waals surface area contributed by atoms with E-state index in [4.69, 9.17) is 9.47 Å². The monoisotopic (exact) mass is 382 g/mol. The first kappa shape index (κ1) is 18.9. The summed E-state index contributed by atoms with van der Waals surface area (Å²) in [5, 5.41) is 3.31. The van der Waals surface area contributed by atoms with E-state index >= 15 is 0 Å². The van der Waals surface area contributed by atoms with Crippen molar-refractivity contribution in [1.29, 1.82) is 0 Å². The van der Waals surface area contributed by atoms with E-state index in [0.717, 1.165) is 16.3 Å². The number of benzene rings is 1. The molecule has 0 fully saturated rings. The summed E-state index contributed by atoms with van der Waals surface area (Å²) >= 11 is 1.45. The molecule has 0 spiro atoms. The minimum atomic E-state index is -0.340. The lowest BCUT2D eigenvalue weighted by atomic mass is 9.94. The van der Waals surface area contributed by atoms with E-state index in [1.54, 1.807) is 12.3 Å². The Balaban J connectivity index is 1.80. The smallest absolute Gasteiger partial charge is 0.350 e. The third-order valence-corrected chi connectivity index (χ3v) is 5.38. The van der Waals surface area contributed by atoms with Gasteiger partial charge < -0.3 is 14.8 Å². The van der Waals surface area contributed by atoms with E-state index in [1.807, 2.05) is 42.5 Å². The van der Waals surface area contributed by atoms with Gasteiger partial charge in [-0.05, 0) is 41.8 Å². The Labute approximate surface area is 163 Å². The van der Waals surface area contributed by atoms with E-state index in [2.05, 4.69) is 31.1 Å². The molecule has 140 valence electrons. The lowest BCUT2D eigenvalue weighted by Gasteiger charge is -2.15. The number of anilines is 2. The number of pyridine rings is 1. The van der Waals surface area contributed by atoms with Gasteiger partial charge in [0.15, 0.2) is 0 Å². The van der Waals surface area contributed by atoms with Gasteiger partial charge in [0.05, 0.1) is 12.8 Å². The Hall–Kier alpha value is -2.86. The van der Waals surface area contributed by atoms with Crippen LogP contribution in [0, 0.1) is 0 Å². The molecule has 27 heavy (non-hydrogen) atoms. The summed E-state index contributed by atoms with van der Waals surface area (Å²) in [6.07, 6.45) is 1.68. The third kappa shape index (κ3) is 4.65. The number of ether oxygens (including phenoxy) is 2. The van der Waals surface area contributed by atoms with Crippen molar-refractivity contribution in [3.05, 3.63) is 64.5 Å². The Bertz CT molecular complexity index is 913. The Morgan fingerprint density at radius 2 is 1.85 bits per heavy atom. The van der Waals surface area contributed by atoms with Crippen LogP contribution >= 0.6 is 11.3 Å². The maximum Gasteiger partial charge on any atom is 0.350 e. The van der Waals surface area contributed by atoms with Crippen LogP contribution in [0.5, 0.6) is 11.6 Å². The first-order valence-electron chi connectivity index (χ1n) is 8.55. The molecule has 0 saturated carbocycles. The SMILES string of the molecule is COC(=O)c1sc(C(C)(C)C)cc1Nc1ccc(Oc2ccccn2)cc1. The van der Waals surface area contributed by atoms with Crippen LogP contribution in [0.1, 0.15) is 35.3 Å². The molecule has 5 nitrogen and oxygen atoms in total. The van der Waals surface area contributed by atoms with Crippen LogP contribution in [0.2, 0.25) is 0 Å². The number of esters is 1. The highest BCUT2D eigenvalue weighted by Crippen LogP contribution is 2.37. The molecule has 1 N–H and O–H groups in total. The van der Waals surface area contributed by atoms with Crippen LogP contribution in [0.4, 0.5) is 11.4 Å². The van der Waals surface area contributed by atoms with Crippen molar-refractivity contribution in [3.8, 4) is 11.6 Å². The number of nitrogens with zero attached hydrogens (tertiary/aromatic N) is 1. The molecule has 0 unspecified atom stereocenters. The fourth-order valence-corrected chi connectivity index (χ4v) is 3.48. The number of hydrogen-bond donors (Lipinski definition) is 1. The van der Waals surface area contributed by atoms with Gasteiger partial charge in [-0.3, -0.25) is 0 Å². The number of aromatic nitrogens is 1. The van der Waals surface area contributed by atoms with Gasteiger partial charge in [-0.2, -0.15) is 0 Å². The first-order chi connectivity index (χ1) is 12.9. The van der Waals surface area contributed by atoms with Crippen molar-refractivity contribution in [2.45, 2.75) is 26.2 Å². The lowest BCUT2D eigenvalue weighted by molar-refractivity contribution is 0.0607. The molecular formula is C21H22N2O3S. The standard InChI is InChI=1S/C21H22N2O3S/c1-21(2,3)17-13-16(19(27-17)20(24)25-4)23-14-8-10-15(11-9-14)26-18-7-5-6-12-22-18/h5-13,23H,1-4H3. The normalized spacial score (nSPS) is 11.1. The fourth-order valence-electron chi connectivity index (χ4n) is 2.39. The Kier molecular flexibility index (Phi) is 5.46. The molecule has 0 aliphatic rings. The molecule has 3 rings (SSSR count). The van der Waals surface area contributed by atoms with Crippen molar-refractivity contribution in [1.82, 2.24) is 4.98 Å². The predicted octanol–water partition coefficient (Wildman–Crippen LogP) is 5.76. The number of carbonyl (C=O) groups is 1. The molecule has 0 aliphatic heterocycles. The van der Waals surface area contributed by atoms with E-state index < -0.39 is 0 Å². The Morgan fingerprint density at radius 1 is 1.11 bits per heavy atom. The molecule has 2 aromatic heterocycles. The van der Waals surface area contributed by atoms with Gasteiger partial charge in [-0.1, -0.05) is 26.8 Å². The van der Waals surface area contributed by atoms with Crippen LogP contribution < -0.4 is 10.1 Å². The first-order valence-corrected chi connectivity index (χ1v) is 9.37. The molecule has 0 aliphatic carbocycles. The zero-order valence-corrected chi connectivity index (χ0v) is 16.6. The average Bonchev–Trinajstić information content (AvgIpc) is 3.08. The second kappa shape index (κ2) is 7.80. The lowest BCUT2D eigenvalue weighted by Crippen LogP contribution is -2.08. The van der Waals surface area contributed by atoms with Crippen molar-refractivity contribution >= 4 is 28.7 Å². The van der Waals surface area contributed by atoms with E-state index in [1.165, 1.54) is 18.4 Å². The van der Waals surface area contributed by atoms with Gasteiger partial charge in [-0.15, -0.1) is 11.3 Å². The summed E-state index contributed by atoms with van der Waals surface area (Å²) in [5.74, 6) is 0.889. The average molecular weight is 382 g/mol. The number of carbonyl (C=O) groups excluding carboxylic acids is 1. The van der Waals surface area contributed by atoms with Gasteiger partial charge in [0.1, 0.15) is 10.6 Å².